The van der Waals surface area contributed by atoms with Crippen molar-refractivity contribution in [1.29, 1.82) is 0 Å². The molecule has 0 unspecified atom stereocenters. The molecule has 2 heterocycles. The molecule has 0 aliphatic carbocycles. The maximum atomic E-state index is 12.6. The Morgan fingerprint density at radius 3 is 2.69 bits per heavy atom. The van der Waals surface area contributed by atoms with Crippen molar-refractivity contribution < 1.29 is 9.53 Å². The summed E-state index contributed by atoms with van der Waals surface area (Å²) in [5.74, 6) is 0.717. The van der Waals surface area contributed by atoms with E-state index < -0.39 is 0 Å². The molecule has 0 bridgehead atoms. The van der Waals surface area contributed by atoms with Crippen molar-refractivity contribution in [1.82, 2.24) is 9.88 Å². The number of nitrogens with zero attached hydrogens (tertiary/aromatic N) is 2. The van der Waals surface area contributed by atoms with Crippen molar-refractivity contribution in [3.63, 3.8) is 0 Å². The summed E-state index contributed by atoms with van der Waals surface area (Å²) in [5.41, 5.74) is 4.03. The molecule has 0 saturated heterocycles. The van der Waals surface area contributed by atoms with Gasteiger partial charge in [0, 0.05) is 35.0 Å². The van der Waals surface area contributed by atoms with Crippen LogP contribution in [0.1, 0.15) is 21.5 Å². The van der Waals surface area contributed by atoms with Gasteiger partial charge in [-0.05, 0) is 36.2 Å². The molecule has 26 heavy (non-hydrogen) atoms. The van der Waals surface area contributed by atoms with Crippen LogP contribution in [0.5, 0.6) is 5.75 Å². The monoisotopic (exact) mass is 364 g/mol. The Kier molecular flexibility index (Phi) is 4.13. The maximum Gasteiger partial charge on any atom is 0.258 e. The fourth-order valence-electron chi connectivity index (χ4n) is 3.29. The highest BCUT2D eigenvalue weighted by Gasteiger charge is 2.30. The van der Waals surface area contributed by atoms with E-state index in [4.69, 9.17) is 16.3 Å². The first-order chi connectivity index (χ1) is 12.6. The lowest BCUT2D eigenvalue weighted by atomic mass is 10.1. The van der Waals surface area contributed by atoms with E-state index in [1.807, 2.05) is 42.5 Å². The van der Waals surface area contributed by atoms with Crippen molar-refractivity contribution >= 4 is 34.1 Å². The molecule has 0 saturated carbocycles. The molecule has 1 aromatic heterocycles. The molecule has 0 fully saturated rings. The molecule has 0 atom stereocenters. The third kappa shape index (κ3) is 2.63. The average molecular weight is 365 g/mol. The number of methoxy groups -OCH3 is 1. The van der Waals surface area contributed by atoms with Gasteiger partial charge in [-0.1, -0.05) is 36.4 Å². The van der Waals surface area contributed by atoms with Gasteiger partial charge in [0.1, 0.15) is 5.75 Å². The molecule has 0 spiro atoms. The lowest BCUT2D eigenvalue weighted by Gasteiger charge is -2.18. The first kappa shape index (κ1) is 16.6. The van der Waals surface area contributed by atoms with E-state index in [0.29, 0.717) is 23.6 Å². The van der Waals surface area contributed by atoms with Crippen LogP contribution in [0.2, 0.25) is 5.02 Å². The van der Waals surface area contributed by atoms with E-state index in [-0.39, 0.29) is 5.91 Å². The molecule has 3 aromatic rings. The van der Waals surface area contributed by atoms with Crippen LogP contribution in [0.25, 0.3) is 16.6 Å². The molecule has 0 radical (unpaired) electrons. The van der Waals surface area contributed by atoms with Crippen LogP contribution in [-0.2, 0) is 6.42 Å². The molecule has 1 amide bonds. The molecule has 130 valence electrons. The number of amides is 1. The molecule has 1 aliphatic heterocycles. The highest BCUT2D eigenvalue weighted by Crippen LogP contribution is 2.33. The molecule has 0 N–H and O–H groups in total. The zero-order chi connectivity index (χ0) is 18.3. The van der Waals surface area contributed by atoms with Gasteiger partial charge in [-0.2, -0.15) is 0 Å². The van der Waals surface area contributed by atoms with Gasteiger partial charge in [0.25, 0.3) is 5.91 Å². The van der Waals surface area contributed by atoms with Crippen LogP contribution in [0, 0.1) is 0 Å². The Morgan fingerprint density at radius 2 is 1.96 bits per heavy atom. The number of carbonyl (C=O) groups is 1. The first-order valence-corrected chi connectivity index (χ1v) is 8.69. The van der Waals surface area contributed by atoms with Gasteiger partial charge >= 0.3 is 0 Å². The number of benzene rings is 2. The highest BCUT2D eigenvalue weighted by molar-refractivity contribution is 6.36. The smallest absolute Gasteiger partial charge is 0.258 e. The third-order valence-corrected chi connectivity index (χ3v) is 5.17. The first-order valence-electron chi connectivity index (χ1n) is 8.31. The van der Waals surface area contributed by atoms with Crippen molar-refractivity contribution in [3.05, 3.63) is 77.0 Å². The molecular formula is C21H17ClN2O2. The van der Waals surface area contributed by atoms with Crippen molar-refractivity contribution in [2.75, 3.05) is 13.7 Å². The van der Waals surface area contributed by atoms with E-state index in [1.54, 1.807) is 18.2 Å². The third-order valence-electron chi connectivity index (χ3n) is 4.73. The van der Waals surface area contributed by atoms with Gasteiger partial charge < -0.3 is 9.64 Å². The predicted octanol–water partition coefficient (Wildman–Crippen LogP) is 4.57. The number of ether oxygens (including phenoxy) is 1. The SMILES string of the molecule is C=C1c2ccccc2C(=O)N1CCc1cnc2ccc(OC)cc2c1Cl. The van der Waals surface area contributed by atoms with Crippen molar-refractivity contribution in [2.24, 2.45) is 0 Å². The van der Waals surface area contributed by atoms with E-state index in [9.17, 15) is 4.79 Å². The number of carbonyl (C=O) groups excluding carboxylic acids is 1. The minimum atomic E-state index is -0.0165. The maximum absolute atomic E-state index is 12.6. The number of pyridine rings is 1. The van der Waals surface area contributed by atoms with Gasteiger partial charge in [0.2, 0.25) is 0 Å². The van der Waals surface area contributed by atoms with E-state index in [1.165, 1.54) is 0 Å². The van der Waals surface area contributed by atoms with Gasteiger partial charge in [0.05, 0.1) is 17.6 Å². The zero-order valence-corrected chi connectivity index (χ0v) is 15.1. The molecule has 1 aliphatic rings. The molecule has 4 rings (SSSR count). The number of hydrogen-bond donors (Lipinski definition) is 0. The Bertz CT molecular complexity index is 1010. The summed E-state index contributed by atoms with van der Waals surface area (Å²) in [6.07, 6.45) is 2.37. The quantitative estimate of drug-likeness (QED) is 0.681. The number of fused-ring (bicyclic) bond motifs is 2. The number of hydrogen-bond acceptors (Lipinski definition) is 3. The Hall–Kier alpha value is -2.85. The molecular weight excluding hydrogens is 348 g/mol. The summed E-state index contributed by atoms with van der Waals surface area (Å²) >= 11 is 6.60. The topological polar surface area (TPSA) is 42.4 Å². The second-order valence-electron chi connectivity index (χ2n) is 6.18. The van der Waals surface area contributed by atoms with Crippen LogP contribution in [0.3, 0.4) is 0 Å². The summed E-state index contributed by atoms with van der Waals surface area (Å²) in [6.45, 7) is 4.58. The number of aromatic nitrogens is 1. The Labute approximate surface area is 156 Å². The summed E-state index contributed by atoms with van der Waals surface area (Å²) in [7, 11) is 1.62. The lowest BCUT2D eigenvalue weighted by Crippen LogP contribution is -2.25. The summed E-state index contributed by atoms with van der Waals surface area (Å²) in [6, 6.07) is 13.2. The number of halogens is 1. The van der Waals surface area contributed by atoms with E-state index in [0.717, 1.165) is 33.5 Å². The second-order valence-corrected chi connectivity index (χ2v) is 6.56. The van der Waals surface area contributed by atoms with Gasteiger partial charge in [-0.15, -0.1) is 0 Å². The molecule has 2 aromatic carbocycles. The fourth-order valence-corrected chi connectivity index (χ4v) is 3.58. The molecule has 5 heteroatoms. The minimum absolute atomic E-state index is 0.0165. The van der Waals surface area contributed by atoms with Crippen LogP contribution in [-0.4, -0.2) is 29.4 Å². The average Bonchev–Trinajstić information content (AvgIpc) is 2.92. The van der Waals surface area contributed by atoms with Crippen LogP contribution < -0.4 is 4.74 Å². The van der Waals surface area contributed by atoms with Gasteiger partial charge in [-0.3, -0.25) is 9.78 Å². The minimum Gasteiger partial charge on any atom is -0.497 e. The zero-order valence-electron chi connectivity index (χ0n) is 14.3. The summed E-state index contributed by atoms with van der Waals surface area (Å²) in [4.78, 5) is 18.8. The van der Waals surface area contributed by atoms with Crippen molar-refractivity contribution in [3.8, 4) is 5.75 Å². The summed E-state index contributed by atoms with van der Waals surface area (Å²) in [5, 5.41) is 1.49. The Balaban J connectivity index is 1.60. The van der Waals surface area contributed by atoms with Gasteiger partial charge in [0.15, 0.2) is 0 Å². The number of rotatable bonds is 4. The highest BCUT2D eigenvalue weighted by atomic mass is 35.5. The summed E-state index contributed by atoms with van der Waals surface area (Å²) < 4.78 is 5.27. The standard InChI is InChI=1S/C21H17ClN2O2/c1-13-16-5-3-4-6-17(16)21(25)24(13)10-9-14-12-23-19-8-7-15(26-2)11-18(19)20(14)22/h3-8,11-12H,1,9-10H2,2H3. The van der Waals surface area contributed by atoms with Crippen LogP contribution >= 0.6 is 11.6 Å². The van der Waals surface area contributed by atoms with Gasteiger partial charge in [-0.25, -0.2) is 0 Å². The second kappa shape index (κ2) is 6.46. The largest absolute Gasteiger partial charge is 0.497 e. The van der Waals surface area contributed by atoms with E-state index in [2.05, 4.69) is 11.6 Å². The van der Waals surface area contributed by atoms with E-state index >= 15 is 0 Å². The predicted molar refractivity (Wildman–Crippen MR) is 104 cm³/mol. The fraction of sp³-hybridized carbons (Fsp3) is 0.143. The van der Waals surface area contributed by atoms with Crippen LogP contribution in [0.4, 0.5) is 0 Å². The van der Waals surface area contributed by atoms with Crippen LogP contribution in [0.15, 0.2) is 55.2 Å². The van der Waals surface area contributed by atoms with Crippen molar-refractivity contribution in [2.45, 2.75) is 6.42 Å². The Morgan fingerprint density at radius 1 is 1.19 bits per heavy atom. The lowest BCUT2D eigenvalue weighted by molar-refractivity contribution is 0.0852. The normalized spacial score (nSPS) is 13.4. The molecule has 4 nitrogen and oxygen atoms in total.